The lowest BCUT2D eigenvalue weighted by Gasteiger charge is -2.30. The van der Waals surface area contributed by atoms with Crippen LogP contribution >= 0.6 is 11.6 Å². The first-order valence-electron chi connectivity index (χ1n) is 6.90. The maximum Gasteiger partial charge on any atom is 0.357 e. The van der Waals surface area contributed by atoms with Gasteiger partial charge < -0.3 is 14.6 Å². The van der Waals surface area contributed by atoms with Crippen molar-refractivity contribution in [1.29, 1.82) is 0 Å². The molecule has 1 atom stereocenters. The van der Waals surface area contributed by atoms with E-state index in [1.807, 2.05) is 6.07 Å². The van der Waals surface area contributed by atoms with E-state index in [9.17, 15) is 9.90 Å². The number of hydrogen-bond acceptors (Lipinski definition) is 4. The van der Waals surface area contributed by atoms with E-state index in [0.717, 1.165) is 0 Å². The summed E-state index contributed by atoms with van der Waals surface area (Å²) in [7, 11) is 0. The summed E-state index contributed by atoms with van der Waals surface area (Å²) in [6, 6.07) is 15.3. The third kappa shape index (κ3) is 3.40. The van der Waals surface area contributed by atoms with Crippen LogP contribution in [0.5, 0.6) is 5.75 Å². The molecule has 0 radical (unpaired) electrons. The Labute approximate surface area is 134 Å². The van der Waals surface area contributed by atoms with Crippen molar-refractivity contribution in [2.45, 2.75) is 12.5 Å². The fourth-order valence-electron chi connectivity index (χ4n) is 2.07. The maximum atomic E-state index is 12.4. The topological polar surface area (TPSA) is 55.8 Å². The average molecular weight is 321 g/mol. The number of esters is 1. The summed E-state index contributed by atoms with van der Waals surface area (Å²) in [5.41, 5.74) is -1.09. The zero-order valence-corrected chi connectivity index (χ0v) is 12.9. The average Bonchev–Trinajstić information content (AvgIpc) is 2.55. The van der Waals surface area contributed by atoms with Crippen molar-refractivity contribution in [3.63, 3.8) is 0 Å². The van der Waals surface area contributed by atoms with Crippen LogP contribution in [-0.2, 0) is 15.1 Å². The highest BCUT2D eigenvalue weighted by molar-refractivity contribution is 6.30. The lowest BCUT2D eigenvalue weighted by Crippen LogP contribution is -2.46. The number of carbonyl (C=O) groups is 1. The fourth-order valence-corrected chi connectivity index (χ4v) is 2.19. The molecule has 22 heavy (non-hydrogen) atoms. The molecule has 5 heteroatoms. The normalized spacial score (nSPS) is 13.2. The second-order valence-corrected chi connectivity index (χ2v) is 5.06. The molecule has 0 bridgehead atoms. The minimum absolute atomic E-state index is 0.192. The van der Waals surface area contributed by atoms with Crippen LogP contribution in [-0.4, -0.2) is 24.3 Å². The van der Waals surface area contributed by atoms with Crippen LogP contribution in [0.15, 0.2) is 54.6 Å². The molecular weight excluding hydrogens is 304 g/mol. The van der Waals surface area contributed by atoms with Crippen LogP contribution in [0.1, 0.15) is 12.5 Å². The third-order valence-electron chi connectivity index (χ3n) is 3.17. The van der Waals surface area contributed by atoms with Crippen molar-refractivity contribution in [2.75, 3.05) is 13.2 Å². The molecule has 2 aromatic carbocycles. The SMILES string of the molecule is CCOC(=O)C(CO)(Oc1ccc(Cl)cc1)c1ccccc1. The molecule has 0 aliphatic rings. The van der Waals surface area contributed by atoms with Gasteiger partial charge in [-0.15, -0.1) is 0 Å². The molecule has 0 aliphatic carbocycles. The molecule has 0 heterocycles. The first-order valence-corrected chi connectivity index (χ1v) is 7.28. The molecule has 0 saturated heterocycles. The molecule has 2 rings (SSSR count). The molecule has 0 saturated carbocycles. The highest BCUT2D eigenvalue weighted by Gasteiger charge is 2.44. The molecule has 116 valence electrons. The molecule has 4 nitrogen and oxygen atoms in total. The molecule has 0 spiro atoms. The van der Waals surface area contributed by atoms with Crippen LogP contribution < -0.4 is 4.74 Å². The Kier molecular flexibility index (Phi) is 5.41. The monoisotopic (exact) mass is 320 g/mol. The van der Waals surface area contributed by atoms with Gasteiger partial charge in [-0.05, 0) is 31.2 Å². The number of rotatable bonds is 6. The molecule has 0 amide bonds. The molecule has 1 unspecified atom stereocenters. The Bertz CT molecular complexity index is 612. The Morgan fingerprint density at radius 2 is 1.77 bits per heavy atom. The van der Waals surface area contributed by atoms with Crippen molar-refractivity contribution in [1.82, 2.24) is 0 Å². The van der Waals surface area contributed by atoms with Crippen LogP contribution in [0, 0.1) is 0 Å². The van der Waals surface area contributed by atoms with E-state index in [-0.39, 0.29) is 6.61 Å². The fraction of sp³-hybridized carbons (Fsp3) is 0.235. The predicted molar refractivity (Wildman–Crippen MR) is 83.9 cm³/mol. The minimum atomic E-state index is -1.61. The molecule has 0 aromatic heterocycles. The largest absolute Gasteiger partial charge is 0.468 e. The predicted octanol–water partition coefficient (Wildman–Crippen LogP) is 3.17. The van der Waals surface area contributed by atoms with Crippen molar-refractivity contribution in [3.8, 4) is 5.75 Å². The van der Waals surface area contributed by atoms with E-state index in [1.54, 1.807) is 55.5 Å². The summed E-state index contributed by atoms with van der Waals surface area (Å²) in [5, 5.41) is 10.4. The number of hydrogen-bond donors (Lipinski definition) is 1. The molecule has 2 aromatic rings. The van der Waals surface area contributed by atoms with E-state index in [0.29, 0.717) is 16.3 Å². The van der Waals surface area contributed by atoms with E-state index >= 15 is 0 Å². The number of aliphatic hydroxyl groups is 1. The van der Waals surface area contributed by atoms with Crippen molar-refractivity contribution in [2.24, 2.45) is 0 Å². The van der Waals surface area contributed by atoms with Crippen LogP contribution in [0.2, 0.25) is 5.02 Å². The third-order valence-corrected chi connectivity index (χ3v) is 3.43. The summed E-state index contributed by atoms with van der Waals surface area (Å²) in [5.74, 6) is -0.228. The quantitative estimate of drug-likeness (QED) is 0.831. The molecular formula is C17H17ClO4. The molecule has 0 aliphatic heterocycles. The van der Waals surface area contributed by atoms with Gasteiger partial charge in [-0.3, -0.25) is 0 Å². The van der Waals surface area contributed by atoms with E-state index in [4.69, 9.17) is 21.1 Å². The number of halogens is 1. The lowest BCUT2D eigenvalue weighted by atomic mass is 9.94. The highest BCUT2D eigenvalue weighted by atomic mass is 35.5. The van der Waals surface area contributed by atoms with Gasteiger partial charge in [0, 0.05) is 10.6 Å². The smallest absolute Gasteiger partial charge is 0.357 e. The van der Waals surface area contributed by atoms with E-state index < -0.39 is 18.2 Å². The van der Waals surface area contributed by atoms with Gasteiger partial charge >= 0.3 is 5.97 Å². The first-order chi connectivity index (χ1) is 10.6. The van der Waals surface area contributed by atoms with Gasteiger partial charge in [0.05, 0.1) is 13.2 Å². The van der Waals surface area contributed by atoms with Gasteiger partial charge in [0.15, 0.2) is 0 Å². The second-order valence-electron chi connectivity index (χ2n) is 4.63. The van der Waals surface area contributed by atoms with Gasteiger partial charge in [0.1, 0.15) is 5.75 Å². The minimum Gasteiger partial charge on any atom is -0.468 e. The Morgan fingerprint density at radius 3 is 2.32 bits per heavy atom. The van der Waals surface area contributed by atoms with E-state index in [1.165, 1.54) is 0 Å². The number of benzene rings is 2. The maximum absolute atomic E-state index is 12.4. The zero-order valence-electron chi connectivity index (χ0n) is 12.2. The number of aliphatic hydroxyl groups excluding tert-OH is 1. The van der Waals surface area contributed by atoms with E-state index in [2.05, 4.69) is 0 Å². The van der Waals surface area contributed by atoms with Crippen LogP contribution in [0.3, 0.4) is 0 Å². The first kappa shape index (κ1) is 16.3. The highest BCUT2D eigenvalue weighted by Crippen LogP contribution is 2.30. The Balaban J connectivity index is 2.44. The van der Waals surface area contributed by atoms with Gasteiger partial charge in [0.2, 0.25) is 0 Å². The van der Waals surface area contributed by atoms with Crippen molar-refractivity contribution in [3.05, 3.63) is 65.2 Å². The summed E-state index contributed by atoms with van der Waals surface area (Å²) in [6.07, 6.45) is 0. The molecule has 1 N–H and O–H groups in total. The van der Waals surface area contributed by atoms with Crippen molar-refractivity contribution < 1.29 is 19.4 Å². The van der Waals surface area contributed by atoms with Crippen LogP contribution in [0.4, 0.5) is 0 Å². The van der Waals surface area contributed by atoms with Gasteiger partial charge in [0.25, 0.3) is 5.60 Å². The van der Waals surface area contributed by atoms with Gasteiger partial charge in [-0.1, -0.05) is 41.9 Å². The summed E-state index contributed by atoms with van der Waals surface area (Å²) in [6.45, 7) is 1.35. The van der Waals surface area contributed by atoms with Gasteiger partial charge in [-0.2, -0.15) is 0 Å². The number of ether oxygens (including phenoxy) is 2. The van der Waals surface area contributed by atoms with Crippen molar-refractivity contribution >= 4 is 17.6 Å². The number of carbonyl (C=O) groups excluding carboxylic acids is 1. The second kappa shape index (κ2) is 7.29. The van der Waals surface area contributed by atoms with Gasteiger partial charge in [-0.25, -0.2) is 4.79 Å². The van der Waals surface area contributed by atoms with Crippen LogP contribution in [0.25, 0.3) is 0 Å². The summed E-state index contributed by atoms with van der Waals surface area (Å²) in [4.78, 5) is 12.4. The summed E-state index contributed by atoms with van der Waals surface area (Å²) < 4.78 is 10.9. The Morgan fingerprint density at radius 1 is 1.14 bits per heavy atom. The molecule has 0 fully saturated rings. The lowest BCUT2D eigenvalue weighted by molar-refractivity contribution is -0.167. The zero-order chi connectivity index (χ0) is 16.0. The summed E-state index contributed by atoms with van der Waals surface area (Å²) >= 11 is 5.85. The standard InChI is InChI=1S/C17H17ClO4/c1-2-21-16(20)17(12-19,13-6-4-3-5-7-13)22-15-10-8-14(18)9-11-15/h3-11,19H,2,12H2,1H3. The Hall–Kier alpha value is -2.04.